The summed E-state index contributed by atoms with van der Waals surface area (Å²) in [6, 6.07) is 9.47. The summed E-state index contributed by atoms with van der Waals surface area (Å²) >= 11 is 0. The van der Waals surface area contributed by atoms with Crippen molar-refractivity contribution < 1.29 is 0 Å². The number of hydrogen-bond donors (Lipinski definition) is 0. The molecule has 1 aliphatic carbocycles. The lowest BCUT2D eigenvalue weighted by molar-refractivity contribution is 0.0962. The van der Waals surface area contributed by atoms with Gasteiger partial charge in [0.1, 0.15) is 0 Å². The highest BCUT2D eigenvalue weighted by atomic mass is 15.1. The molecule has 146 valence electrons. The molecule has 0 spiro atoms. The number of unbranched alkanes of at least 4 members (excludes halogenated alkanes) is 1. The number of piperidine rings is 1. The number of likely N-dealkylation sites (tertiary alicyclic amines) is 1. The highest BCUT2D eigenvalue weighted by Gasteiger charge is 2.39. The van der Waals surface area contributed by atoms with E-state index in [4.69, 9.17) is 0 Å². The number of rotatable bonds is 5. The maximum absolute atomic E-state index is 2.69. The minimum atomic E-state index is 0.461. The summed E-state index contributed by atoms with van der Waals surface area (Å²) in [6.45, 7) is 16.1. The van der Waals surface area contributed by atoms with E-state index < -0.39 is 0 Å². The molecule has 1 saturated heterocycles. The van der Waals surface area contributed by atoms with Gasteiger partial charge in [0.25, 0.3) is 0 Å². The number of nitrogens with zero attached hydrogens (tertiary/aromatic N) is 1. The van der Waals surface area contributed by atoms with E-state index in [-0.39, 0.29) is 0 Å². The van der Waals surface area contributed by atoms with Gasteiger partial charge in [-0.1, -0.05) is 65.3 Å². The van der Waals surface area contributed by atoms with E-state index in [1.807, 2.05) is 0 Å². The molecule has 0 radical (unpaired) electrons. The molecule has 1 nitrogen and oxygen atoms in total. The normalized spacial score (nSPS) is 24.7. The molecule has 0 N–H and O–H groups in total. The topological polar surface area (TPSA) is 3.24 Å². The zero-order valence-corrected chi connectivity index (χ0v) is 18.0. The molecule has 26 heavy (non-hydrogen) atoms. The van der Waals surface area contributed by atoms with E-state index >= 15 is 0 Å². The van der Waals surface area contributed by atoms with Crippen LogP contribution in [-0.2, 0) is 0 Å². The summed E-state index contributed by atoms with van der Waals surface area (Å²) in [7, 11) is 0. The molecular formula is C25H41N. The standard InChI is InChI=1S/C25H41N/c1-6-7-14-26-15-12-20(13-16-26)22-10-8-9-11-23(22)21-17-24(2,3)19-25(4,5)18-21/h8-11,20-21H,6-7,12-19H2,1-5H3. The van der Waals surface area contributed by atoms with Gasteiger partial charge >= 0.3 is 0 Å². The van der Waals surface area contributed by atoms with Crippen molar-refractivity contribution in [3.05, 3.63) is 35.4 Å². The van der Waals surface area contributed by atoms with Gasteiger partial charge in [-0.3, -0.25) is 0 Å². The molecule has 1 saturated carbocycles. The molecule has 0 atom stereocenters. The molecule has 1 aromatic carbocycles. The minimum absolute atomic E-state index is 0.461. The molecule has 0 aromatic heterocycles. The average molecular weight is 356 g/mol. The van der Waals surface area contributed by atoms with Crippen LogP contribution < -0.4 is 0 Å². The molecule has 0 unspecified atom stereocenters. The van der Waals surface area contributed by atoms with Gasteiger partial charge < -0.3 is 4.90 Å². The Labute approximate surface area is 162 Å². The summed E-state index contributed by atoms with van der Waals surface area (Å²) in [5.41, 5.74) is 4.29. The van der Waals surface area contributed by atoms with Crippen LogP contribution in [0.2, 0.25) is 0 Å². The zero-order chi connectivity index (χ0) is 18.8. The van der Waals surface area contributed by atoms with Crippen LogP contribution in [0.25, 0.3) is 0 Å². The average Bonchev–Trinajstić information content (AvgIpc) is 2.58. The predicted molar refractivity (Wildman–Crippen MR) is 114 cm³/mol. The van der Waals surface area contributed by atoms with Crippen LogP contribution in [0.5, 0.6) is 0 Å². The number of hydrogen-bond acceptors (Lipinski definition) is 1. The molecule has 2 fully saturated rings. The van der Waals surface area contributed by atoms with Gasteiger partial charge in [-0.05, 0) is 92.0 Å². The highest BCUT2D eigenvalue weighted by Crippen LogP contribution is 2.52. The van der Waals surface area contributed by atoms with E-state index in [0.29, 0.717) is 10.8 Å². The maximum atomic E-state index is 2.69. The lowest BCUT2D eigenvalue weighted by atomic mass is 9.59. The van der Waals surface area contributed by atoms with E-state index in [2.05, 4.69) is 63.8 Å². The molecular weight excluding hydrogens is 314 g/mol. The lowest BCUT2D eigenvalue weighted by Crippen LogP contribution is -2.35. The van der Waals surface area contributed by atoms with Crippen LogP contribution in [0.1, 0.15) is 103 Å². The zero-order valence-electron chi connectivity index (χ0n) is 18.0. The second-order valence-corrected chi connectivity index (χ2v) is 10.7. The summed E-state index contributed by atoms with van der Waals surface area (Å²) < 4.78 is 0. The van der Waals surface area contributed by atoms with Crippen molar-refractivity contribution in [2.24, 2.45) is 10.8 Å². The van der Waals surface area contributed by atoms with E-state index in [1.165, 1.54) is 64.6 Å². The van der Waals surface area contributed by atoms with Crippen molar-refractivity contribution >= 4 is 0 Å². The summed E-state index contributed by atoms with van der Waals surface area (Å²) in [5.74, 6) is 1.51. The van der Waals surface area contributed by atoms with Crippen molar-refractivity contribution in [1.82, 2.24) is 4.90 Å². The first-order chi connectivity index (χ1) is 12.3. The highest BCUT2D eigenvalue weighted by molar-refractivity contribution is 5.34. The Kier molecular flexibility index (Phi) is 6.17. The lowest BCUT2D eigenvalue weighted by Gasteiger charge is -2.46. The van der Waals surface area contributed by atoms with E-state index in [1.54, 1.807) is 11.1 Å². The molecule has 1 heterocycles. The van der Waals surface area contributed by atoms with Gasteiger partial charge in [-0.25, -0.2) is 0 Å². The summed E-state index contributed by atoms with van der Waals surface area (Å²) in [6.07, 6.45) is 9.42. The Balaban J connectivity index is 1.75. The molecule has 1 heteroatoms. The van der Waals surface area contributed by atoms with Gasteiger partial charge in [0.05, 0.1) is 0 Å². The molecule has 0 bridgehead atoms. The fourth-order valence-corrected chi connectivity index (χ4v) is 6.17. The van der Waals surface area contributed by atoms with Crippen molar-refractivity contribution in [3.8, 4) is 0 Å². The molecule has 0 amide bonds. The second kappa shape index (κ2) is 8.05. The largest absolute Gasteiger partial charge is 0.303 e. The van der Waals surface area contributed by atoms with Gasteiger partial charge in [-0.15, -0.1) is 0 Å². The first-order valence-corrected chi connectivity index (χ1v) is 11.1. The van der Waals surface area contributed by atoms with E-state index in [0.717, 1.165) is 11.8 Å². The Morgan fingerprint density at radius 1 is 0.885 bits per heavy atom. The Hall–Kier alpha value is -0.820. The van der Waals surface area contributed by atoms with Crippen molar-refractivity contribution in [2.75, 3.05) is 19.6 Å². The first kappa shape index (κ1) is 19.9. The van der Waals surface area contributed by atoms with E-state index in [9.17, 15) is 0 Å². The Morgan fingerprint density at radius 3 is 1.96 bits per heavy atom. The Bertz CT molecular complexity index is 562. The van der Waals surface area contributed by atoms with Crippen LogP contribution in [0.4, 0.5) is 0 Å². The van der Waals surface area contributed by atoms with Crippen molar-refractivity contribution in [1.29, 1.82) is 0 Å². The smallest absolute Gasteiger partial charge is 0.00129 e. The Morgan fingerprint density at radius 2 is 1.42 bits per heavy atom. The quantitative estimate of drug-likeness (QED) is 0.550. The molecule has 1 aliphatic heterocycles. The minimum Gasteiger partial charge on any atom is -0.303 e. The monoisotopic (exact) mass is 355 g/mol. The maximum Gasteiger partial charge on any atom is -0.00129 e. The van der Waals surface area contributed by atoms with Gasteiger partial charge in [-0.2, -0.15) is 0 Å². The number of benzene rings is 1. The fourth-order valence-electron chi connectivity index (χ4n) is 6.17. The van der Waals surface area contributed by atoms with Crippen LogP contribution in [0.15, 0.2) is 24.3 Å². The van der Waals surface area contributed by atoms with Crippen LogP contribution >= 0.6 is 0 Å². The molecule has 1 aromatic rings. The van der Waals surface area contributed by atoms with Gasteiger partial charge in [0.2, 0.25) is 0 Å². The fraction of sp³-hybridized carbons (Fsp3) is 0.760. The third-order valence-electron chi connectivity index (χ3n) is 6.85. The van der Waals surface area contributed by atoms with Crippen LogP contribution in [0, 0.1) is 10.8 Å². The van der Waals surface area contributed by atoms with Crippen molar-refractivity contribution in [2.45, 2.75) is 91.4 Å². The molecule has 2 aliphatic rings. The SMILES string of the molecule is CCCCN1CCC(c2ccccc2C2CC(C)(C)CC(C)(C)C2)CC1. The first-order valence-electron chi connectivity index (χ1n) is 11.1. The third-order valence-corrected chi connectivity index (χ3v) is 6.85. The summed E-state index contributed by atoms with van der Waals surface area (Å²) in [5, 5.41) is 0. The van der Waals surface area contributed by atoms with Crippen LogP contribution in [0.3, 0.4) is 0 Å². The second-order valence-electron chi connectivity index (χ2n) is 10.7. The van der Waals surface area contributed by atoms with Crippen molar-refractivity contribution in [3.63, 3.8) is 0 Å². The summed E-state index contributed by atoms with van der Waals surface area (Å²) in [4.78, 5) is 2.69. The van der Waals surface area contributed by atoms with Gasteiger partial charge in [0.15, 0.2) is 0 Å². The predicted octanol–water partition coefficient (Wildman–Crippen LogP) is 6.99. The van der Waals surface area contributed by atoms with Crippen LogP contribution in [-0.4, -0.2) is 24.5 Å². The third kappa shape index (κ3) is 4.91. The molecule has 3 rings (SSSR count). The van der Waals surface area contributed by atoms with Gasteiger partial charge in [0, 0.05) is 0 Å².